The number of alkyl halides is 2. The fourth-order valence-corrected chi connectivity index (χ4v) is 1.14. The molecule has 0 aromatic heterocycles. The number of nitro benzene ring substituents is 1. The molecule has 8 heteroatoms. The third-order valence-electron chi connectivity index (χ3n) is 1.83. The number of ether oxygens (including phenoxy) is 1. The molecule has 0 aliphatic heterocycles. The summed E-state index contributed by atoms with van der Waals surface area (Å²) in [5.41, 5.74) is -1.34. The zero-order valence-electron chi connectivity index (χ0n) is 8.13. The lowest BCUT2D eigenvalue weighted by molar-refractivity contribution is -0.386. The van der Waals surface area contributed by atoms with E-state index in [0.717, 1.165) is 6.07 Å². The van der Waals surface area contributed by atoms with Crippen molar-refractivity contribution in [2.75, 3.05) is 0 Å². The number of nitrogens with zero attached hydrogens (tertiary/aromatic N) is 1. The minimum absolute atomic E-state index is 0.211. The van der Waals surface area contributed by atoms with Crippen LogP contribution in [-0.2, 0) is 0 Å². The molecule has 0 amide bonds. The summed E-state index contributed by atoms with van der Waals surface area (Å²) >= 11 is 0. The first kappa shape index (κ1) is 12.7. The lowest BCUT2D eigenvalue weighted by Crippen LogP contribution is -2.06. The average molecular weight is 245 g/mol. The molecule has 1 aromatic carbocycles. The second-order valence-electron chi connectivity index (χ2n) is 2.82. The van der Waals surface area contributed by atoms with Gasteiger partial charge in [0.05, 0.1) is 4.92 Å². The lowest BCUT2D eigenvalue weighted by atomic mass is 10.1. The van der Waals surface area contributed by atoms with E-state index in [9.17, 15) is 28.5 Å². The van der Waals surface area contributed by atoms with E-state index in [-0.39, 0.29) is 23.7 Å². The fourth-order valence-electron chi connectivity index (χ4n) is 1.14. The Balaban J connectivity index is 3.39. The SMILES string of the molecule is O=Cc1cc(OC(F)F)c([N+](=O)[O-])cc1C=O. The van der Waals surface area contributed by atoms with E-state index < -0.39 is 23.0 Å². The lowest BCUT2D eigenvalue weighted by Gasteiger charge is -2.06. The van der Waals surface area contributed by atoms with Gasteiger partial charge in [0, 0.05) is 17.2 Å². The van der Waals surface area contributed by atoms with Crippen molar-refractivity contribution in [3.05, 3.63) is 33.4 Å². The molecule has 0 aliphatic rings. The van der Waals surface area contributed by atoms with E-state index >= 15 is 0 Å². The molecule has 0 fully saturated rings. The Morgan fingerprint density at radius 1 is 1.24 bits per heavy atom. The van der Waals surface area contributed by atoms with Gasteiger partial charge in [-0.3, -0.25) is 19.7 Å². The number of aldehydes is 2. The van der Waals surface area contributed by atoms with Crippen molar-refractivity contribution in [1.29, 1.82) is 0 Å². The van der Waals surface area contributed by atoms with Gasteiger partial charge in [-0.1, -0.05) is 0 Å². The second kappa shape index (κ2) is 5.10. The number of halogens is 2. The van der Waals surface area contributed by atoms with Crippen LogP contribution in [-0.4, -0.2) is 24.1 Å². The number of hydrogen-bond acceptors (Lipinski definition) is 5. The van der Waals surface area contributed by atoms with Crippen molar-refractivity contribution >= 4 is 18.3 Å². The first-order valence-electron chi connectivity index (χ1n) is 4.17. The molecule has 0 radical (unpaired) electrons. The van der Waals surface area contributed by atoms with Crippen molar-refractivity contribution in [3.63, 3.8) is 0 Å². The van der Waals surface area contributed by atoms with Crippen LogP contribution >= 0.6 is 0 Å². The van der Waals surface area contributed by atoms with Crippen LogP contribution in [0.5, 0.6) is 5.75 Å². The molecule has 0 N–H and O–H groups in total. The molecule has 0 unspecified atom stereocenters. The largest absolute Gasteiger partial charge is 0.427 e. The highest BCUT2D eigenvalue weighted by molar-refractivity contribution is 5.92. The predicted molar refractivity (Wildman–Crippen MR) is 50.5 cm³/mol. The topological polar surface area (TPSA) is 86.5 Å². The predicted octanol–water partition coefficient (Wildman–Crippen LogP) is 1.82. The third kappa shape index (κ3) is 2.80. The van der Waals surface area contributed by atoms with Crippen LogP contribution in [0.25, 0.3) is 0 Å². The molecule has 0 heterocycles. The Labute approximate surface area is 92.9 Å². The van der Waals surface area contributed by atoms with Crippen molar-refractivity contribution in [2.24, 2.45) is 0 Å². The first-order valence-corrected chi connectivity index (χ1v) is 4.17. The van der Waals surface area contributed by atoms with Gasteiger partial charge in [-0.15, -0.1) is 0 Å². The quantitative estimate of drug-likeness (QED) is 0.448. The molecular formula is C9H5F2NO5. The number of hydrogen-bond donors (Lipinski definition) is 0. The number of rotatable bonds is 5. The van der Waals surface area contributed by atoms with Gasteiger partial charge in [0.15, 0.2) is 12.6 Å². The third-order valence-corrected chi connectivity index (χ3v) is 1.83. The van der Waals surface area contributed by atoms with Gasteiger partial charge < -0.3 is 4.74 Å². The summed E-state index contributed by atoms with van der Waals surface area (Å²) in [7, 11) is 0. The summed E-state index contributed by atoms with van der Waals surface area (Å²) in [5, 5.41) is 10.5. The molecule has 0 aliphatic carbocycles. The molecule has 1 aromatic rings. The fraction of sp³-hybridized carbons (Fsp3) is 0.111. The van der Waals surface area contributed by atoms with Crippen LogP contribution in [0.3, 0.4) is 0 Å². The van der Waals surface area contributed by atoms with Gasteiger partial charge in [-0.25, -0.2) is 0 Å². The van der Waals surface area contributed by atoms with Crippen molar-refractivity contribution in [2.45, 2.75) is 6.61 Å². The number of carbonyl (C=O) groups is 2. The summed E-state index contributed by atoms with van der Waals surface area (Å²) in [6, 6.07) is 1.43. The van der Waals surface area contributed by atoms with Crippen molar-refractivity contribution < 1.29 is 28.0 Å². The van der Waals surface area contributed by atoms with E-state index in [4.69, 9.17) is 0 Å². The van der Waals surface area contributed by atoms with Crippen LogP contribution in [0.4, 0.5) is 14.5 Å². The van der Waals surface area contributed by atoms with Crippen LogP contribution in [0.15, 0.2) is 12.1 Å². The summed E-state index contributed by atoms with van der Waals surface area (Å²) < 4.78 is 27.9. The van der Waals surface area contributed by atoms with Crippen LogP contribution < -0.4 is 4.74 Å². The minimum atomic E-state index is -3.27. The Hall–Kier alpha value is -2.38. The monoisotopic (exact) mass is 245 g/mol. The van der Waals surface area contributed by atoms with E-state index in [2.05, 4.69) is 4.74 Å². The average Bonchev–Trinajstić information content (AvgIpc) is 2.27. The van der Waals surface area contributed by atoms with Crippen LogP contribution in [0.1, 0.15) is 20.7 Å². The summed E-state index contributed by atoms with van der Waals surface area (Å²) in [6.07, 6.45) is 0.425. The van der Waals surface area contributed by atoms with Gasteiger partial charge in [0.25, 0.3) is 0 Å². The Morgan fingerprint density at radius 2 is 1.76 bits per heavy atom. The summed E-state index contributed by atoms with van der Waals surface area (Å²) in [4.78, 5) is 30.6. The van der Waals surface area contributed by atoms with Crippen LogP contribution in [0, 0.1) is 10.1 Å². The standard InChI is InChI=1S/C9H5F2NO5/c10-9(11)17-8-2-6(4-14)5(3-13)1-7(8)12(15)16/h1-4,9H. The zero-order valence-corrected chi connectivity index (χ0v) is 8.13. The Bertz CT molecular complexity index is 475. The van der Waals surface area contributed by atoms with Crippen LogP contribution in [0.2, 0.25) is 0 Å². The highest BCUT2D eigenvalue weighted by Gasteiger charge is 2.21. The van der Waals surface area contributed by atoms with Crippen molar-refractivity contribution in [3.8, 4) is 5.75 Å². The number of nitro groups is 1. The molecule has 0 bridgehead atoms. The minimum Gasteiger partial charge on any atom is -0.427 e. The zero-order chi connectivity index (χ0) is 13.0. The van der Waals surface area contributed by atoms with Gasteiger partial charge in [-0.2, -0.15) is 8.78 Å². The maximum atomic E-state index is 12.0. The molecule has 17 heavy (non-hydrogen) atoms. The number of carbonyl (C=O) groups excluding carboxylic acids is 2. The Kier molecular flexibility index (Phi) is 3.81. The van der Waals surface area contributed by atoms with Gasteiger partial charge in [0.1, 0.15) is 0 Å². The molecule has 0 saturated heterocycles. The normalized spacial score (nSPS) is 10.1. The van der Waals surface area contributed by atoms with E-state index in [0.29, 0.717) is 6.07 Å². The highest BCUT2D eigenvalue weighted by atomic mass is 19.3. The van der Waals surface area contributed by atoms with E-state index in [1.54, 1.807) is 0 Å². The smallest absolute Gasteiger partial charge is 0.387 e. The molecular weight excluding hydrogens is 240 g/mol. The molecule has 6 nitrogen and oxygen atoms in total. The van der Waals surface area contributed by atoms with Gasteiger partial charge in [0.2, 0.25) is 5.75 Å². The summed E-state index contributed by atoms with van der Waals surface area (Å²) in [6.45, 7) is -3.27. The van der Waals surface area contributed by atoms with Gasteiger partial charge in [-0.05, 0) is 6.07 Å². The maximum absolute atomic E-state index is 12.0. The van der Waals surface area contributed by atoms with E-state index in [1.165, 1.54) is 0 Å². The molecule has 0 saturated carbocycles. The molecule has 90 valence electrons. The van der Waals surface area contributed by atoms with E-state index in [1.807, 2.05) is 0 Å². The second-order valence-corrected chi connectivity index (χ2v) is 2.82. The number of benzene rings is 1. The van der Waals surface area contributed by atoms with Gasteiger partial charge >= 0.3 is 12.3 Å². The highest BCUT2D eigenvalue weighted by Crippen LogP contribution is 2.30. The first-order chi connectivity index (χ1) is 7.99. The molecule has 1 rings (SSSR count). The Morgan fingerprint density at radius 3 is 2.18 bits per heavy atom. The summed E-state index contributed by atoms with van der Waals surface area (Å²) in [5.74, 6) is -0.766. The van der Waals surface area contributed by atoms with Crippen molar-refractivity contribution in [1.82, 2.24) is 0 Å². The molecule has 0 spiro atoms. The molecule has 0 atom stereocenters. The maximum Gasteiger partial charge on any atom is 0.387 e.